The highest BCUT2D eigenvalue weighted by Gasteiger charge is 2.26. The zero-order valence-electron chi connectivity index (χ0n) is 13.4. The average Bonchev–Trinajstić information content (AvgIpc) is 2.49. The highest BCUT2D eigenvalue weighted by Crippen LogP contribution is 2.21. The number of nitrogens with zero attached hydrogens (tertiary/aromatic N) is 1. The van der Waals surface area contributed by atoms with E-state index in [0.29, 0.717) is 17.8 Å². The number of methoxy groups -OCH3 is 1. The van der Waals surface area contributed by atoms with E-state index in [1.807, 2.05) is 6.07 Å². The van der Waals surface area contributed by atoms with Crippen LogP contribution < -0.4 is 10.1 Å². The molecule has 0 aliphatic carbocycles. The van der Waals surface area contributed by atoms with Crippen LogP contribution in [0.4, 0.5) is 4.39 Å². The lowest BCUT2D eigenvalue weighted by molar-refractivity contribution is 0.113. The van der Waals surface area contributed by atoms with E-state index in [4.69, 9.17) is 4.74 Å². The van der Waals surface area contributed by atoms with Crippen LogP contribution >= 0.6 is 0 Å². The Kier molecular flexibility index (Phi) is 6.00. The summed E-state index contributed by atoms with van der Waals surface area (Å²) in [6.45, 7) is 7.31. The summed E-state index contributed by atoms with van der Waals surface area (Å²) in [5, 5.41) is 3.61. The molecular weight excluding hydrogens is 267 g/mol. The summed E-state index contributed by atoms with van der Waals surface area (Å²) in [4.78, 5) is 2.50. The van der Waals surface area contributed by atoms with Crippen molar-refractivity contribution in [2.45, 2.75) is 51.7 Å². The van der Waals surface area contributed by atoms with Crippen LogP contribution in [0.2, 0.25) is 0 Å². The van der Waals surface area contributed by atoms with Gasteiger partial charge in [0.25, 0.3) is 0 Å². The molecule has 0 bridgehead atoms. The molecule has 0 amide bonds. The molecule has 1 aromatic rings. The van der Waals surface area contributed by atoms with Gasteiger partial charge in [-0.05, 0) is 30.5 Å². The van der Waals surface area contributed by atoms with Gasteiger partial charge in [0.05, 0.1) is 7.11 Å². The monoisotopic (exact) mass is 294 g/mol. The summed E-state index contributed by atoms with van der Waals surface area (Å²) >= 11 is 0. The lowest BCUT2D eigenvalue weighted by Gasteiger charge is -2.40. The van der Waals surface area contributed by atoms with Crippen LogP contribution in [-0.2, 0) is 6.54 Å². The summed E-state index contributed by atoms with van der Waals surface area (Å²) in [5.74, 6) is 0.0415. The molecule has 2 rings (SSSR count). The molecule has 1 heterocycles. The Morgan fingerprint density at radius 2 is 2.19 bits per heavy atom. The van der Waals surface area contributed by atoms with Gasteiger partial charge < -0.3 is 10.1 Å². The molecule has 0 spiro atoms. The molecule has 0 radical (unpaired) electrons. The maximum absolute atomic E-state index is 13.8. The van der Waals surface area contributed by atoms with Crippen molar-refractivity contribution in [3.05, 3.63) is 29.6 Å². The van der Waals surface area contributed by atoms with Crippen LogP contribution in [0.15, 0.2) is 18.2 Å². The Balaban J connectivity index is 2.07. The van der Waals surface area contributed by atoms with Gasteiger partial charge in [-0.2, -0.15) is 0 Å². The van der Waals surface area contributed by atoms with Crippen LogP contribution in [0.1, 0.15) is 38.7 Å². The number of ether oxygens (including phenoxy) is 1. The lowest BCUT2D eigenvalue weighted by Crippen LogP contribution is -2.55. The van der Waals surface area contributed by atoms with Gasteiger partial charge in [0.2, 0.25) is 0 Å². The van der Waals surface area contributed by atoms with Crippen molar-refractivity contribution in [3.8, 4) is 5.75 Å². The van der Waals surface area contributed by atoms with Gasteiger partial charge in [0.15, 0.2) is 11.6 Å². The number of rotatable bonds is 6. The van der Waals surface area contributed by atoms with E-state index in [0.717, 1.165) is 31.6 Å². The smallest absolute Gasteiger partial charge is 0.165 e. The van der Waals surface area contributed by atoms with E-state index in [1.165, 1.54) is 20.0 Å². The van der Waals surface area contributed by atoms with Gasteiger partial charge in [0, 0.05) is 31.7 Å². The third-order valence-electron chi connectivity index (χ3n) is 4.33. The number of benzene rings is 1. The second-order valence-corrected chi connectivity index (χ2v) is 5.85. The SMILES string of the molecule is CCCC1CNC(CC)CN1Cc1ccc(OC)c(F)c1. The van der Waals surface area contributed by atoms with E-state index in [9.17, 15) is 4.39 Å². The minimum Gasteiger partial charge on any atom is -0.494 e. The van der Waals surface area contributed by atoms with E-state index in [1.54, 1.807) is 12.1 Å². The minimum atomic E-state index is -0.274. The van der Waals surface area contributed by atoms with Crippen LogP contribution in [-0.4, -0.2) is 37.2 Å². The highest BCUT2D eigenvalue weighted by atomic mass is 19.1. The molecule has 118 valence electrons. The summed E-state index contributed by atoms with van der Waals surface area (Å²) in [7, 11) is 1.50. The first-order valence-electron chi connectivity index (χ1n) is 7.97. The summed E-state index contributed by atoms with van der Waals surface area (Å²) in [6, 6.07) is 6.38. The van der Waals surface area contributed by atoms with Crippen molar-refractivity contribution < 1.29 is 9.13 Å². The molecule has 0 saturated carbocycles. The number of hydrogen-bond acceptors (Lipinski definition) is 3. The molecule has 2 atom stereocenters. The van der Waals surface area contributed by atoms with E-state index >= 15 is 0 Å². The van der Waals surface area contributed by atoms with Gasteiger partial charge in [-0.15, -0.1) is 0 Å². The predicted molar refractivity (Wildman–Crippen MR) is 84.1 cm³/mol. The molecule has 0 aromatic heterocycles. The van der Waals surface area contributed by atoms with Crippen LogP contribution in [0, 0.1) is 5.82 Å². The van der Waals surface area contributed by atoms with Crippen LogP contribution in [0.3, 0.4) is 0 Å². The van der Waals surface area contributed by atoms with Gasteiger partial charge >= 0.3 is 0 Å². The van der Waals surface area contributed by atoms with E-state index < -0.39 is 0 Å². The van der Waals surface area contributed by atoms with Gasteiger partial charge in [-0.3, -0.25) is 4.90 Å². The largest absolute Gasteiger partial charge is 0.494 e. The Morgan fingerprint density at radius 1 is 1.38 bits per heavy atom. The second-order valence-electron chi connectivity index (χ2n) is 5.85. The first-order chi connectivity index (χ1) is 10.2. The number of nitrogens with one attached hydrogen (secondary N) is 1. The lowest BCUT2D eigenvalue weighted by atomic mass is 10.0. The standard InChI is InChI=1S/C17H27FN2O/c1-4-6-15-10-19-14(5-2)12-20(15)11-13-7-8-17(21-3)16(18)9-13/h7-9,14-15,19H,4-6,10-12H2,1-3H3. The summed E-state index contributed by atoms with van der Waals surface area (Å²) < 4.78 is 18.8. The molecular formula is C17H27FN2O. The second kappa shape index (κ2) is 7.76. The van der Waals surface area contributed by atoms with Gasteiger partial charge in [-0.1, -0.05) is 26.3 Å². The fourth-order valence-corrected chi connectivity index (χ4v) is 3.06. The third kappa shape index (κ3) is 4.17. The molecule has 1 aliphatic rings. The third-order valence-corrected chi connectivity index (χ3v) is 4.33. The highest BCUT2D eigenvalue weighted by molar-refractivity contribution is 5.29. The van der Waals surface area contributed by atoms with Crippen molar-refractivity contribution in [2.24, 2.45) is 0 Å². The number of halogens is 1. The molecule has 1 fully saturated rings. The van der Waals surface area contributed by atoms with Crippen LogP contribution in [0.25, 0.3) is 0 Å². The minimum absolute atomic E-state index is 0.274. The Bertz CT molecular complexity index is 452. The summed E-state index contributed by atoms with van der Waals surface area (Å²) in [6.07, 6.45) is 3.49. The van der Waals surface area contributed by atoms with Crippen molar-refractivity contribution >= 4 is 0 Å². The fraction of sp³-hybridized carbons (Fsp3) is 0.647. The Labute approximate surface area is 127 Å². The van der Waals surface area contributed by atoms with Crippen LogP contribution in [0.5, 0.6) is 5.75 Å². The molecule has 3 nitrogen and oxygen atoms in total. The number of piperazine rings is 1. The normalized spacial score (nSPS) is 23.2. The molecule has 1 N–H and O–H groups in total. The van der Waals surface area contributed by atoms with Crippen molar-refractivity contribution in [1.82, 2.24) is 10.2 Å². The number of hydrogen-bond donors (Lipinski definition) is 1. The average molecular weight is 294 g/mol. The Morgan fingerprint density at radius 3 is 2.81 bits per heavy atom. The molecule has 1 aromatic carbocycles. The molecule has 1 aliphatic heterocycles. The van der Waals surface area contributed by atoms with E-state index in [-0.39, 0.29) is 5.82 Å². The molecule has 2 unspecified atom stereocenters. The maximum atomic E-state index is 13.8. The topological polar surface area (TPSA) is 24.5 Å². The quantitative estimate of drug-likeness (QED) is 0.872. The zero-order valence-corrected chi connectivity index (χ0v) is 13.4. The van der Waals surface area contributed by atoms with Gasteiger partial charge in [0.1, 0.15) is 0 Å². The molecule has 4 heteroatoms. The molecule has 21 heavy (non-hydrogen) atoms. The molecule has 1 saturated heterocycles. The van der Waals surface area contributed by atoms with Gasteiger partial charge in [-0.25, -0.2) is 4.39 Å². The first kappa shape index (κ1) is 16.2. The van der Waals surface area contributed by atoms with Crippen molar-refractivity contribution in [3.63, 3.8) is 0 Å². The first-order valence-corrected chi connectivity index (χ1v) is 7.97. The zero-order chi connectivity index (χ0) is 15.2. The van der Waals surface area contributed by atoms with Crippen molar-refractivity contribution in [2.75, 3.05) is 20.2 Å². The fourth-order valence-electron chi connectivity index (χ4n) is 3.06. The maximum Gasteiger partial charge on any atom is 0.165 e. The van der Waals surface area contributed by atoms with Crippen molar-refractivity contribution in [1.29, 1.82) is 0 Å². The van der Waals surface area contributed by atoms with E-state index in [2.05, 4.69) is 24.1 Å². The summed E-state index contributed by atoms with van der Waals surface area (Å²) in [5.41, 5.74) is 1.02. The predicted octanol–water partition coefficient (Wildman–Crippen LogP) is 3.19. The Hall–Kier alpha value is -1.13.